The monoisotopic (exact) mass is 262 g/mol. The van der Waals surface area contributed by atoms with E-state index in [0.717, 1.165) is 35.9 Å². The van der Waals surface area contributed by atoms with Gasteiger partial charge in [-0.1, -0.05) is 13.3 Å². The summed E-state index contributed by atoms with van der Waals surface area (Å²) in [7, 11) is 0. The molecule has 2 aliphatic heterocycles. The SMILES string of the molecule is CCN(CC1CC2CCC1C2)C1CC2CCC(C1)N2. The van der Waals surface area contributed by atoms with Crippen LogP contribution in [0.25, 0.3) is 0 Å². The molecule has 108 valence electrons. The predicted molar refractivity (Wildman–Crippen MR) is 79.2 cm³/mol. The lowest BCUT2D eigenvalue weighted by molar-refractivity contribution is 0.111. The number of piperidine rings is 1. The highest BCUT2D eigenvalue weighted by molar-refractivity contribution is 4.97. The first-order chi connectivity index (χ1) is 9.31. The van der Waals surface area contributed by atoms with Gasteiger partial charge in [-0.2, -0.15) is 0 Å². The van der Waals surface area contributed by atoms with Crippen molar-refractivity contribution in [3.05, 3.63) is 0 Å². The molecule has 0 spiro atoms. The molecular formula is C17H30N2. The first-order valence-electron chi connectivity index (χ1n) is 8.82. The van der Waals surface area contributed by atoms with E-state index in [1.54, 1.807) is 25.7 Å². The smallest absolute Gasteiger partial charge is 0.0125 e. The second kappa shape index (κ2) is 5.04. The van der Waals surface area contributed by atoms with E-state index in [4.69, 9.17) is 0 Å². The highest BCUT2D eigenvalue weighted by Crippen LogP contribution is 2.48. The lowest BCUT2D eigenvalue weighted by Crippen LogP contribution is -2.49. The first kappa shape index (κ1) is 12.6. The van der Waals surface area contributed by atoms with Gasteiger partial charge >= 0.3 is 0 Å². The number of nitrogens with one attached hydrogen (secondary N) is 1. The van der Waals surface area contributed by atoms with Crippen molar-refractivity contribution >= 4 is 0 Å². The van der Waals surface area contributed by atoms with E-state index in [-0.39, 0.29) is 0 Å². The van der Waals surface area contributed by atoms with E-state index in [1.807, 2.05) is 0 Å². The zero-order valence-electron chi connectivity index (χ0n) is 12.5. The molecule has 0 aromatic heterocycles. The summed E-state index contributed by atoms with van der Waals surface area (Å²) in [6.45, 7) is 5.08. The van der Waals surface area contributed by atoms with Crippen LogP contribution in [0.3, 0.4) is 0 Å². The molecule has 0 aromatic rings. The molecular weight excluding hydrogens is 232 g/mol. The molecule has 19 heavy (non-hydrogen) atoms. The van der Waals surface area contributed by atoms with Crippen molar-refractivity contribution < 1.29 is 0 Å². The summed E-state index contributed by atoms with van der Waals surface area (Å²) < 4.78 is 0. The number of rotatable bonds is 4. The van der Waals surface area contributed by atoms with Crippen LogP contribution in [0.2, 0.25) is 0 Å². The fraction of sp³-hybridized carbons (Fsp3) is 1.00. The third kappa shape index (κ3) is 2.35. The topological polar surface area (TPSA) is 15.3 Å². The zero-order valence-corrected chi connectivity index (χ0v) is 12.5. The van der Waals surface area contributed by atoms with Gasteiger partial charge in [0, 0.05) is 24.7 Å². The maximum Gasteiger partial charge on any atom is 0.0125 e. The standard InChI is InChI=1S/C17H30N2/c1-2-19(11-14-8-12-3-4-13(14)7-12)17-9-15-5-6-16(10-17)18-15/h12-18H,2-11H2,1H3. The minimum atomic E-state index is 0.845. The number of hydrogen-bond donors (Lipinski definition) is 1. The maximum atomic E-state index is 3.79. The molecule has 5 unspecified atom stereocenters. The minimum absolute atomic E-state index is 0.845. The Bertz CT molecular complexity index is 317. The first-order valence-corrected chi connectivity index (χ1v) is 8.82. The summed E-state index contributed by atoms with van der Waals surface area (Å²) in [5.41, 5.74) is 0. The van der Waals surface area contributed by atoms with Gasteiger partial charge in [-0.25, -0.2) is 0 Å². The largest absolute Gasteiger partial charge is 0.311 e. The number of nitrogens with zero attached hydrogens (tertiary/aromatic N) is 1. The van der Waals surface area contributed by atoms with Crippen molar-refractivity contribution in [3.8, 4) is 0 Å². The van der Waals surface area contributed by atoms with E-state index in [0.29, 0.717) is 0 Å². The molecule has 4 bridgehead atoms. The van der Waals surface area contributed by atoms with Gasteiger partial charge < -0.3 is 10.2 Å². The molecule has 1 N–H and O–H groups in total. The second-order valence-corrected chi connectivity index (χ2v) is 7.79. The molecule has 2 heteroatoms. The van der Waals surface area contributed by atoms with Gasteiger partial charge in [0.2, 0.25) is 0 Å². The Balaban J connectivity index is 1.38. The summed E-state index contributed by atoms with van der Waals surface area (Å²) in [6, 6.07) is 2.58. The van der Waals surface area contributed by atoms with E-state index < -0.39 is 0 Å². The number of fused-ring (bicyclic) bond motifs is 4. The fourth-order valence-electron chi connectivity index (χ4n) is 5.76. The Hall–Kier alpha value is -0.0800. The Kier molecular flexibility index (Phi) is 3.35. The summed E-state index contributed by atoms with van der Waals surface area (Å²) in [5.74, 6) is 3.25. The van der Waals surface area contributed by atoms with Gasteiger partial charge in [-0.15, -0.1) is 0 Å². The third-order valence-electron chi connectivity index (χ3n) is 6.72. The van der Waals surface area contributed by atoms with Gasteiger partial charge in [-0.05, 0) is 69.2 Å². The van der Waals surface area contributed by atoms with Crippen molar-refractivity contribution in [2.75, 3.05) is 13.1 Å². The van der Waals surface area contributed by atoms with Crippen LogP contribution in [0.15, 0.2) is 0 Å². The quantitative estimate of drug-likeness (QED) is 0.838. The highest BCUT2D eigenvalue weighted by atomic mass is 15.2. The highest BCUT2D eigenvalue weighted by Gasteiger charge is 2.42. The minimum Gasteiger partial charge on any atom is -0.311 e. The van der Waals surface area contributed by atoms with E-state index in [9.17, 15) is 0 Å². The van der Waals surface area contributed by atoms with Crippen molar-refractivity contribution in [1.29, 1.82) is 0 Å². The third-order valence-corrected chi connectivity index (χ3v) is 6.72. The fourth-order valence-corrected chi connectivity index (χ4v) is 5.76. The van der Waals surface area contributed by atoms with Gasteiger partial charge in [0.25, 0.3) is 0 Å². The summed E-state index contributed by atoms with van der Waals surface area (Å²) >= 11 is 0. The Morgan fingerprint density at radius 1 is 0.947 bits per heavy atom. The van der Waals surface area contributed by atoms with Gasteiger partial charge in [-0.3, -0.25) is 0 Å². The summed E-state index contributed by atoms with van der Waals surface area (Å²) in [5, 5.41) is 3.79. The molecule has 0 amide bonds. The summed E-state index contributed by atoms with van der Waals surface area (Å²) in [6.07, 6.45) is 11.9. The lowest BCUT2D eigenvalue weighted by atomic mass is 9.87. The average Bonchev–Trinajstić information content (AvgIpc) is 3.12. The van der Waals surface area contributed by atoms with Gasteiger partial charge in [0.05, 0.1) is 0 Å². The zero-order chi connectivity index (χ0) is 12.8. The maximum absolute atomic E-state index is 3.79. The lowest BCUT2D eigenvalue weighted by Gasteiger charge is -2.39. The average molecular weight is 262 g/mol. The van der Waals surface area contributed by atoms with Crippen LogP contribution < -0.4 is 5.32 Å². The molecule has 0 radical (unpaired) electrons. The summed E-state index contributed by atoms with van der Waals surface area (Å²) in [4.78, 5) is 2.86. The van der Waals surface area contributed by atoms with Crippen LogP contribution in [0.5, 0.6) is 0 Å². The van der Waals surface area contributed by atoms with Crippen molar-refractivity contribution in [2.45, 2.75) is 76.4 Å². The van der Waals surface area contributed by atoms with E-state index in [2.05, 4.69) is 17.1 Å². The molecule has 5 atom stereocenters. The second-order valence-electron chi connectivity index (χ2n) is 7.79. The Morgan fingerprint density at radius 3 is 2.32 bits per heavy atom. The van der Waals surface area contributed by atoms with E-state index >= 15 is 0 Å². The molecule has 4 rings (SSSR count). The molecule has 2 heterocycles. The number of hydrogen-bond acceptors (Lipinski definition) is 2. The molecule has 0 aromatic carbocycles. The van der Waals surface area contributed by atoms with Crippen molar-refractivity contribution in [1.82, 2.24) is 10.2 Å². The van der Waals surface area contributed by atoms with Crippen LogP contribution in [0, 0.1) is 17.8 Å². The normalized spacial score (nSPS) is 48.3. The molecule has 4 aliphatic rings. The predicted octanol–water partition coefficient (Wildman–Crippen LogP) is 3.03. The van der Waals surface area contributed by atoms with Crippen LogP contribution >= 0.6 is 0 Å². The van der Waals surface area contributed by atoms with Crippen molar-refractivity contribution in [3.63, 3.8) is 0 Å². The van der Waals surface area contributed by atoms with Crippen LogP contribution in [-0.2, 0) is 0 Å². The van der Waals surface area contributed by atoms with E-state index in [1.165, 1.54) is 38.8 Å². The van der Waals surface area contributed by atoms with Crippen molar-refractivity contribution in [2.24, 2.45) is 17.8 Å². The Morgan fingerprint density at radius 2 is 1.74 bits per heavy atom. The van der Waals surface area contributed by atoms with Crippen LogP contribution in [0.4, 0.5) is 0 Å². The van der Waals surface area contributed by atoms with Gasteiger partial charge in [0.1, 0.15) is 0 Å². The molecule has 2 nitrogen and oxygen atoms in total. The molecule has 4 fully saturated rings. The van der Waals surface area contributed by atoms with Crippen LogP contribution in [-0.4, -0.2) is 36.1 Å². The molecule has 2 saturated carbocycles. The van der Waals surface area contributed by atoms with Crippen LogP contribution in [0.1, 0.15) is 58.3 Å². The molecule has 2 aliphatic carbocycles. The Labute approximate surface area is 118 Å². The molecule has 2 saturated heterocycles. The van der Waals surface area contributed by atoms with Gasteiger partial charge in [0.15, 0.2) is 0 Å².